The lowest BCUT2D eigenvalue weighted by Gasteiger charge is -2.57. The number of hydrogen-bond acceptors (Lipinski definition) is 2. The Hall–Kier alpha value is -1.30. The minimum atomic E-state index is -0.0158. The number of hydrogen-bond donors (Lipinski definition) is 0. The molecule has 22 heavy (non-hydrogen) atoms. The number of carbonyl (C=O) groups is 1. The van der Waals surface area contributed by atoms with Crippen molar-refractivity contribution in [3.05, 3.63) is 11.6 Å². The Morgan fingerprint density at radius 2 is 1.77 bits per heavy atom. The highest BCUT2D eigenvalue weighted by atomic mass is 16.2. The van der Waals surface area contributed by atoms with E-state index in [-0.39, 0.29) is 11.9 Å². The van der Waals surface area contributed by atoms with E-state index in [2.05, 4.69) is 13.0 Å². The van der Waals surface area contributed by atoms with Crippen molar-refractivity contribution in [2.24, 2.45) is 23.2 Å². The summed E-state index contributed by atoms with van der Waals surface area (Å²) < 4.78 is 0. The predicted octanol–water partition coefficient (Wildman–Crippen LogP) is 3.91. The second kappa shape index (κ2) is 5.72. The van der Waals surface area contributed by atoms with Gasteiger partial charge in [-0.05, 0) is 75.5 Å². The van der Waals surface area contributed by atoms with Crippen molar-refractivity contribution in [2.45, 2.75) is 64.8 Å². The summed E-state index contributed by atoms with van der Waals surface area (Å²) in [6.45, 7) is 4.11. The maximum atomic E-state index is 12.5. The molecule has 4 bridgehead atoms. The minimum absolute atomic E-state index is 0.0158. The van der Waals surface area contributed by atoms with Gasteiger partial charge in [-0.1, -0.05) is 5.57 Å². The van der Waals surface area contributed by atoms with Gasteiger partial charge < -0.3 is 4.90 Å². The van der Waals surface area contributed by atoms with Crippen LogP contribution in [0.25, 0.3) is 0 Å². The standard InChI is InChI=1S/C19H28N2O/c1-13(6-18(22)21(3)14(2)4-5-20)19-10-15-7-16(11-19)9-17(8-15)12-19/h6,14-17H,4,7-12H2,1-3H3/b13-6-. The van der Waals surface area contributed by atoms with Crippen LogP contribution in [0.3, 0.4) is 0 Å². The van der Waals surface area contributed by atoms with Crippen molar-refractivity contribution in [3.8, 4) is 6.07 Å². The molecule has 0 heterocycles. The van der Waals surface area contributed by atoms with Crippen molar-refractivity contribution in [3.63, 3.8) is 0 Å². The number of nitrogens with zero attached hydrogens (tertiary/aromatic N) is 2. The third-order valence-corrected chi connectivity index (χ3v) is 6.61. The molecule has 0 aromatic heterocycles. The summed E-state index contributed by atoms with van der Waals surface area (Å²) in [6.07, 6.45) is 10.5. The molecular weight excluding hydrogens is 272 g/mol. The predicted molar refractivity (Wildman–Crippen MR) is 86.8 cm³/mol. The van der Waals surface area contributed by atoms with Gasteiger partial charge in [0, 0.05) is 19.2 Å². The van der Waals surface area contributed by atoms with Crippen LogP contribution >= 0.6 is 0 Å². The van der Waals surface area contributed by atoms with Crippen LogP contribution in [0.5, 0.6) is 0 Å². The monoisotopic (exact) mass is 300 g/mol. The van der Waals surface area contributed by atoms with Gasteiger partial charge in [0.05, 0.1) is 12.5 Å². The molecule has 3 nitrogen and oxygen atoms in total. The first-order chi connectivity index (χ1) is 10.4. The second-order valence-corrected chi connectivity index (χ2v) is 8.19. The van der Waals surface area contributed by atoms with E-state index in [0.29, 0.717) is 11.8 Å². The summed E-state index contributed by atoms with van der Waals surface area (Å²) >= 11 is 0. The molecule has 4 saturated carbocycles. The first-order valence-electron chi connectivity index (χ1n) is 8.76. The van der Waals surface area contributed by atoms with Crippen LogP contribution in [-0.4, -0.2) is 23.9 Å². The SMILES string of the molecule is C/C(=C/C(=O)N(C)C(C)CC#N)C12CC3CC(CC(C3)C1)C2. The fourth-order valence-electron chi connectivity index (χ4n) is 5.52. The third-order valence-electron chi connectivity index (χ3n) is 6.61. The molecule has 4 fully saturated rings. The summed E-state index contributed by atoms with van der Waals surface area (Å²) in [7, 11) is 1.81. The average Bonchev–Trinajstić information content (AvgIpc) is 2.45. The zero-order valence-electron chi connectivity index (χ0n) is 14.1. The molecule has 4 aliphatic rings. The molecule has 1 atom stereocenters. The van der Waals surface area contributed by atoms with E-state index < -0.39 is 0 Å². The number of nitriles is 1. The highest BCUT2D eigenvalue weighted by molar-refractivity contribution is 5.88. The molecule has 4 aliphatic carbocycles. The molecule has 0 aromatic carbocycles. The normalized spacial score (nSPS) is 37.7. The van der Waals surface area contributed by atoms with Crippen LogP contribution in [0, 0.1) is 34.5 Å². The van der Waals surface area contributed by atoms with Crippen LogP contribution < -0.4 is 0 Å². The van der Waals surface area contributed by atoms with Crippen LogP contribution in [0.2, 0.25) is 0 Å². The molecule has 1 amide bonds. The topological polar surface area (TPSA) is 44.1 Å². The van der Waals surface area contributed by atoms with Crippen molar-refractivity contribution < 1.29 is 4.79 Å². The Balaban J connectivity index is 1.74. The second-order valence-electron chi connectivity index (χ2n) is 8.19. The summed E-state index contributed by atoms with van der Waals surface area (Å²) in [5.74, 6) is 2.77. The zero-order valence-corrected chi connectivity index (χ0v) is 14.1. The molecule has 0 saturated heterocycles. The Morgan fingerprint density at radius 1 is 1.27 bits per heavy atom. The number of likely N-dealkylation sites (N-methyl/N-ethyl adjacent to an activating group) is 1. The van der Waals surface area contributed by atoms with Crippen molar-refractivity contribution in [1.82, 2.24) is 4.90 Å². The van der Waals surface area contributed by atoms with E-state index in [0.717, 1.165) is 17.8 Å². The molecule has 0 spiro atoms. The molecule has 3 heteroatoms. The van der Waals surface area contributed by atoms with Crippen LogP contribution in [0.1, 0.15) is 58.8 Å². The maximum Gasteiger partial charge on any atom is 0.246 e. The molecule has 0 radical (unpaired) electrons. The largest absolute Gasteiger partial charge is 0.338 e. The van der Waals surface area contributed by atoms with E-state index in [4.69, 9.17) is 5.26 Å². The lowest BCUT2D eigenvalue weighted by atomic mass is 9.48. The van der Waals surface area contributed by atoms with Gasteiger partial charge in [0.25, 0.3) is 0 Å². The average molecular weight is 300 g/mol. The van der Waals surface area contributed by atoms with Crippen molar-refractivity contribution in [2.75, 3.05) is 7.05 Å². The van der Waals surface area contributed by atoms with E-state index in [1.54, 1.807) is 4.90 Å². The van der Waals surface area contributed by atoms with Gasteiger partial charge in [0.15, 0.2) is 0 Å². The van der Waals surface area contributed by atoms with Gasteiger partial charge in [-0.2, -0.15) is 5.26 Å². The fraction of sp³-hybridized carbons (Fsp3) is 0.789. The quantitative estimate of drug-likeness (QED) is 0.739. The lowest BCUT2D eigenvalue weighted by molar-refractivity contribution is -0.126. The van der Waals surface area contributed by atoms with Gasteiger partial charge in [-0.3, -0.25) is 4.79 Å². The van der Waals surface area contributed by atoms with E-state index in [9.17, 15) is 4.79 Å². The highest BCUT2D eigenvalue weighted by Crippen LogP contribution is 2.62. The van der Waals surface area contributed by atoms with Crippen LogP contribution in [0.15, 0.2) is 11.6 Å². The lowest BCUT2D eigenvalue weighted by Crippen LogP contribution is -2.47. The van der Waals surface area contributed by atoms with Gasteiger partial charge in [0.2, 0.25) is 5.91 Å². The Labute approximate surface area is 134 Å². The number of amides is 1. The molecular formula is C19H28N2O. The zero-order chi connectivity index (χ0) is 15.9. The summed E-state index contributed by atoms with van der Waals surface area (Å²) in [4.78, 5) is 14.2. The van der Waals surface area contributed by atoms with Gasteiger partial charge in [-0.15, -0.1) is 0 Å². The molecule has 4 rings (SSSR count). The van der Waals surface area contributed by atoms with Gasteiger partial charge >= 0.3 is 0 Å². The third kappa shape index (κ3) is 2.69. The minimum Gasteiger partial charge on any atom is -0.338 e. The first kappa shape index (κ1) is 15.6. The number of allylic oxidation sites excluding steroid dienone is 1. The Kier molecular flexibility index (Phi) is 4.05. The van der Waals surface area contributed by atoms with E-state index in [1.165, 1.54) is 44.1 Å². The highest BCUT2D eigenvalue weighted by Gasteiger charge is 2.51. The molecule has 0 aliphatic heterocycles. The first-order valence-corrected chi connectivity index (χ1v) is 8.76. The molecule has 120 valence electrons. The summed E-state index contributed by atoms with van der Waals surface area (Å²) in [5, 5.41) is 8.80. The van der Waals surface area contributed by atoms with Gasteiger partial charge in [-0.25, -0.2) is 0 Å². The Morgan fingerprint density at radius 3 is 2.23 bits per heavy atom. The van der Waals surface area contributed by atoms with Crippen LogP contribution in [0.4, 0.5) is 0 Å². The number of rotatable bonds is 4. The number of carbonyl (C=O) groups excluding carboxylic acids is 1. The Bertz CT molecular complexity index is 493. The molecule has 0 N–H and O–H groups in total. The summed E-state index contributed by atoms with van der Waals surface area (Å²) in [5.41, 5.74) is 1.61. The van der Waals surface area contributed by atoms with Crippen molar-refractivity contribution >= 4 is 5.91 Å². The smallest absolute Gasteiger partial charge is 0.246 e. The van der Waals surface area contributed by atoms with E-state index >= 15 is 0 Å². The van der Waals surface area contributed by atoms with Crippen LogP contribution in [-0.2, 0) is 4.79 Å². The molecule has 1 unspecified atom stereocenters. The fourth-order valence-corrected chi connectivity index (χ4v) is 5.52. The van der Waals surface area contributed by atoms with Crippen molar-refractivity contribution in [1.29, 1.82) is 5.26 Å². The van der Waals surface area contributed by atoms with E-state index in [1.807, 2.05) is 20.0 Å². The molecule has 0 aromatic rings. The summed E-state index contributed by atoms with van der Waals surface area (Å²) in [6, 6.07) is 2.13. The van der Waals surface area contributed by atoms with Gasteiger partial charge in [0.1, 0.15) is 0 Å². The maximum absolute atomic E-state index is 12.5.